The first kappa shape index (κ1) is 23.9. The molecule has 1 atom stereocenters. The van der Waals surface area contributed by atoms with Crippen molar-refractivity contribution in [2.75, 3.05) is 27.2 Å². The van der Waals surface area contributed by atoms with Crippen molar-refractivity contribution < 1.29 is 14.3 Å². The number of piperidine rings is 1. The molecule has 0 unspecified atom stereocenters. The van der Waals surface area contributed by atoms with Gasteiger partial charge in [0.25, 0.3) is 11.8 Å². The van der Waals surface area contributed by atoms with Gasteiger partial charge in [0.1, 0.15) is 11.4 Å². The van der Waals surface area contributed by atoms with Gasteiger partial charge in [0, 0.05) is 44.0 Å². The molecule has 1 aromatic carbocycles. The lowest BCUT2D eigenvalue weighted by atomic mass is 9.84. The summed E-state index contributed by atoms with van der Waals surface area (Å²) in [6, 6.07) is 11.6. The molecule has 1 fully saturated rings. The van der Waals surface area contributed by atoms with Crippen LogP contribution in [-0.4, -0.2) is 64.9 Å². The van der Waals surface area contributed by atoms with Crippen LogP contribution in [0.3, 0.4) is 0 Å². The SMILES string of the molecule is COc1cccc(C[C@@H](C2CCN(C(=O)c3csc(C)n3)CC2)N(C)C(=O)c2cccnc2)c1. The fraction of sp³-hybridized carbons (Fsp3) is 0.385. The normalized spacial score (nSPS) is 15.1. The van der Waals surface area contributed by atoms with E-state index in [0.717, 1.165) is 29.2 Å². The molecule has 34 heavy (non-hydrogen) atoms. The van der Waals surface area contributed by atoms with E-state index < -0.39 is 0 Å². The van der Waals surface area contributed by atoms with Gasteiger partial charge in [-0.05, 0) is 61.9 Å². The van der Waals surface area contributed by atoms with Crippen LogP contribution < -0.4 is 4.74 Å². The third kappa shape index (κ3) is 5.44. The van der Waals surface area contributed by atoms with E-state index in [1.807, 2.05) is 47.4 Å². The Labute approximate surface area is 204 Å². The van der Waals surface area contributed by atoms with Crippen LogP contribution in [0.25, 0.3) is 0 Å². The first-order valence-corrected chi connectivity index (χ1v) is 12.4. The van der Waals surface area contributed by atoms with Gasteiger partial charge in [0.15, 0.2) is 0 Å². The second-order valence-electron chi connectivity index (χ2n) is 8.66. The van der Waals surface area contributed by atoms with E-state index in [2.05, 4.69) is 16.0 Å². The lowest BCUT2D eigenvalue weighted by Crippen LogP contribution is -2.48. The minimum absolute atomic E-state index is 0.00747. The average molecular weight is 479 g/mol. The van der Waals surface area contributed by atoms with Gasteiger partial charge in [-0.15, -0.1) is 11.3 Å². The molecule has 7 nitrogen and oxygen atoms in total. The van der Waals surface area contributed by atoms with Crippen molar-refractivity contribution in [3.8, 4) is 5.75 Å². The molecule has 0 N–H and O–H groups in total. The molecule has 0 aliphatic carbocycles. The van der Waals surface area contributed by atoms with Crippen LogP contribution in [0.2, 0.25) is 0 Å². The highest BCUT2D eigenvalue weighted by atomic mass is 32.1. The summed E-state index contributed by atoms with van der Waals surface area (Å²) in [6.45, 7) is 3.22. The van der Waals surface area contributed by atoms with E-state index in [-0.39, 0.29) is 23.8 Å². The van der Waals surface area contributed by atoms with Gasteiger partial charge in [0.2, 0.25) is 0 Å². The highest BCUT2D eigenvalue weighted by Gasteiger charge is 2.33. The van der Waals surface area contributed by atoms with E-state index in [9.17, 15) is 9.59 Å². The molecule has 4 rings (SSSR count). The third-order valence-corrected chi connectivity index (χ3v) is 7.29. The summed E-state index contributed by atoms with van der Waals surface area (Å²) in [5.74, 6) is 1.01. The highest BCUT2D eigenvalue weighted by molar-refractivity contribution is 7.09. The summed E-state index contributed by atoms with van der Waals surface area (Å²) in [7, 11) is 3.53. The van der Waals surface area contributed by atoms with Crippen molar-refractivity contribution in [2.45, 2.75) is 32.2 Å². The molecule has 2 aromatic heterocycles. The van der Waals surface area contributed by atoms with E-state index in [1.54, 1.807) is 31.6 Å². The number of aryl methyl sites for hydroxylation is 1. The molecule has 2 amide bonds. The van der Waals surface area contributed by atoms with Crippen LogP contribution in [0, 0.1) is 12.8 Å². The number of nitrogens with zero attached hydrogens (tertiary/aromatic N) is 4. The number of likely N-dealkylation sites (N-methyl/N-ethyl adjacent to an activating group) is 1. The lowest BCUT2D eigenvalue weighted by Gasteiger charge is -2.40. The van der Waals surface area contributed by atoms with Crippen molar-refractivity contribution in [3.05, 3.63) is 76.0 Å². The molecule has 8 heteroatoms. The van der Waals surface area contributed by atoms with Gasteiger partial charge in [-0.1, -0.05) is 12.1 Å². The van der Waals surface area contributed by atoms with Crippen LogP contribution in [-0.2, 0) is 6.42 Å². The van der Waals surface area contributed by atoms with E-state index in [1.165, 1.54) is 11.3 Å². The zero-order valence-electron chi connectivity index (χ0n) is 19.8. The maximum Gasteiger partial charge on any atom is 0.273 e. The number of likely N-dealkylation sites (tertiary alicyclic amines) is 1. The Hall–Kier alpha value is -3.26. The number of pyridine rings is 1. The second-order valence-corrected chi connectivity index (χ2v) is 9.72. The fourth-order valence-electron chi connectivity index (χ4n) is 4.62. The predicted octanol–water partition coefficient (Wildman–Crippen LogP) is 4.09. The van der Waals surface area contributed by atoms with Gasteiger partial charge in [-0.25, -0.2) is 4.98 Å². The molecule has 3 aromatic rings. The largest absolute Gasteiger partial charge is 0.497 e. The van der Waals surface area contributed by atoms with Crippen molar-refractivity contribution in [1.82, 2.24) is 19.8 Å². The van der Waals surface area contributed by atoms with E-state index in [4.69, 9.17) is 4.74 Å². The van der Waals surface area contributed by atoms with Gasteiger partial charge < -0.3 is 14.5 Å². The number of methoxy groups -OCH3 is 1. The van der Waals surface area contributed by atoms with Crippen LogP contribution in [0.4, 0.5) is 0 Å². The first-order valence-electron chi connectivity index (χ1n) is 11.5. The fourth-order valence-corrected chi connectivity index (χ4v) is 5.20. The second kappa shape index (κ2) is 10.8. The van der Waals surface area contributed by atoms with Crippen molar-refractivity contribution >= 4 is 23.2 Å². The number of rotatable bonds is 7. The minimum atomic E-state index is -0.0440. The zero-order chi connectivity index (χ0) is 24.1. The number of amides is 2. The molecule has 0 saturated carbocycles. The Morgan fingerprint density at radius 3 is 2.68 bits per heavy atom. The maximum absolute atomic E-state index is 13.3. The average Bonchev–Trinajstić information content (AvgIpc) is 3.33. The van der Waals surface area contributed by atoms with Crippen molar-refractivity contribution in [2.24, 2.45) is 5.92 Å². The molecule has 1 aliphatic heterocycles. The number of aromatic nitrogens is 2. The minimum Gasteiger partial charge on any atom is -0.497 e. The van der Waals surface area contributed by atoms with Gasteiger partial charge >= 0.3 is 0 Å². The number of hydrogen-bond donors (Lipinski definition) is 0. The van der Waals surface area contributed by atoms with E-state index in [0.29, 0.717) is 30.8 Å². The van der Waals surface area contributed by atoms with Crippen molar-refractivity contribution in [3.63, 3.8) is 0 Å². The number of ether oxygens (including phenoxy) is 1. The standard InChI is InChI=1S/C26H30N4O3S/c1-18-28-23(17-34-18)26(32)30-12-9-20(10-13-30)24(15-19-6-4-8-22(14-19)33-3)29(2)25(31)21-7-5-11-27-16-21/h4-8,11,14,16-17,20,24H,9-10,12-13,15H2,1-3H3/t24-/m0/s1. The summed E-state index contributed by atoms with van der Waals surface area (Å²) in [4.78, 5) is 38.4. The Morgan fingerprint density at radius 2 is 2.03 bits per heavy atom. The Kier molecular flexibility index (Phi) is 7.57. The summed E-state index contributed by atoms with van der Waals surface area (Å²) in [5.41, 5.74) is 2.22. The molecule has 1 aliphatic rings. The number of thiazole rings is 1. The van der Waals surface area contributed by atoms with Crippen LogP contribution >= 0.6 is 11.3 Å². The molecule has 0 radical (unpaired) electrons. The Bertz CT molecular complexity index is 1130. The zero-order valence-corrected chi connectivity index (χ0v) is 20.6. The topological polar surface area (TPSA) is 75.6 Å². The number of carbonyl (C=O) groups is 2. The third-order valence-electron chi connectivity index (χ3n) is 6.51. The first-order chi connectivity index (χ1) is 16.5. The number of hydrogen-bond acceptors (Lipinski definition) is 6. The molecule has 178 valence electrons. The molecule has 0 bridgehead atoms. The summed E-state index contributed by atoms with van der Waals surface area (Å²) in [5, 5.41) is 2.72. The smallest absolute Gasteiger partial charge is 0.273 e. The Morgan fingerprint density at radius 1 is 1.24 bits per heavy atom. The van der Waals surface area contributed by atoms with Crippen LogP contribution in [0.15, 0.2) is 54.2 Å². The van der Waals surface area contributed by atoms with Gasteiger partial charge in [-0.3, -0.25) is 14.6 Å². The highest BCUT2D eigenvalue weighted by Crippen LogP contribution is 2.29. The summed E-state index contributed by atoms with van der Waals surface area (Å²) >= 11 is 1.49. The molecular weight excluding hydrogens is 448 g/mol. The number of benzene rings is 1. The molecular formula is C26H30N4O3S. The van der Waals surface area contributed by atoms with E-state index >= 15 is 0 Å². The molecule has 1 saturated heterocycles. The maximum atomic E-state index is 13.3. The summed E-state index contributed by atoms with van der Waals surface area (Å²) in [6.07, 6.45) is 5.64. The Balaban J connectivity index is 1.51. The number of carbonyl (C=O) groups excluding carboxylic acids is 2. The quantitative estimate of drug-likeness (QED) is 0.511. The molecule has 0 spiro atoms. The lowest BCUT2D eigenvalue weighted by molar-refractivity contribution is 0.0520. The summed E-state index contributed by atoms with van der Waals surface area (Å²) < 4.78 is 5.41. The predicted molar refractivity (Wildman–Crippen MR) is 132 cm³/mol. The van der Waals surface area contributed by atoms with Crippen molar-refractivity contribution in [1.29, 1.82) is 0 Å². The van der Waals surface area contributed by atoms with Crippen LogP contribution in [0.5, 0.6) is 5.75 Å². The van der Waals surface area contributed by atoms with Gasteiger partial charge in [0.05, 0.1) is 17.7 Å². The monoisotopic (exact) mass is 478 g/mol. The molecule has 3 heterocycles. The van der Waals surface area contributed by atoms with Gasteiger partial charge in [-0.2, -0.15) is 0 Å². The van der Waals surface area contributed by atoms with Crippen LogP contribution in [0.1, 0.15) is 44.3 Å².